The van der Waals surface area contributed by atoms with E-state index in [1.165, 1.54) is 4.90 Å². The maximum atomic E-state index is 12.1. The number of ether oxygens (including phenoxy) is 1. The third kappa shape index (κ3) is 1.91. The molecule has 16 heavy (non-hydrogen) atoms. The monoisotopic (exact) mass is 221 g/mol. The van der Waals surface area contributed by atoms with Crippen molar-refractivity contribution >= 4 is 11.7 Å². The Morgan fingerprint density at radius 3 is 3.00 bits per heavy atom. The third-order valence-electron chi connectivity index (χ3n) is 2.78. The smallest absolute Gasteiger partial charge is 0.250 e. The first-order chi connectivity index (χ1) is 7.63. The molecule has 0 saturated carbocycles. The Labute approximate surface area is 94.2 Å². The van der Waals surface area contributed by atoms with Crippen molar-refractivity contribution in [3.63, 3.8) is 0 Å². The number of anilines is 1. The minimum absolute atomic E-state index is 0.149. The molecule has 1 aromatic heterocycles. The summed E-state index contributed by atoms with van der Waals surface area (Å²) in [6, 6.07) is 5.41. The Bertz CT molecular complexity index is 374. The molecule has 1 aromatic rings. The SMILES string of the molecule is CN(C(=O)C1(N)CCOC1)c1ccccn1. The van der Waals surface area contributed by atoms with Gasteiger partial charge in [-0.1, -0.05) is 6.07 Å². The molecular formula is C11H15N3O2. The van der Waals surface area contributed by atoms with Crippen LogP contribution >= 0.6 is 0 Å². The van der Waals surface area contributed by atoms with E-state index in [0.29, 0.717) is 18.8 Å². The zero-order chi connectivity index (χ0) is 11.6. The van der Waals surface area contributed by atoms with Gasteiger partial charge in [-0.3, -0.25) is 9.69 Å². The first-order valence-corrected chi connectivity index (χ1v) is 5.19. The third-order valence-corrected chi connectivity index (χ3v) is 2.78. The van der Waals surface area contributed by atoms with Crippen molar-refractivity contribution in [1.82, 2.24) is 4.98 Å². The Hall–Kier alpha value is -1.46. The van der Waals surface area contributed by atoms with Gasteiger partial charge in [0.25, 0.3) is 0 Å². The van der Waals surface area contributed by atoms with E-state index in [1.807, 2.05) is 6.07 Å². The molecule has 1 aliphatic rings. The summed E-state index contributed by atoms with van der Waals surface area (Å²) in [5.74, 6) is 0.452. The highest BCUT2D eigenvalue weighted by Crippen LogP contribution is 2.20. The highest BCUT2D eigenvalue weighted by atomic mass is 16.5. The number of likely N-dealkylation sites (N-methyl/N-ethyl adjacent to an activating group) is 1. The van der Waals surface area contributed by atoms with E-state index in [2.05, 4.69) is 4.98 Å². The Kier molecular flexibility index (Phi) is 2.89. The summed E-state index contributed by atoms with van der Waals surface area (Å²) in [6.45, 7) is 0.821. The van der Waals surface area contributed by atoms with E-state index in [9.17, 15) is 4.79 Å². The largest absolute Gasteiger partial charge is 0.379 e. The van der Waals surface area contributed by atoms with Crippen LogP contribution in [0.25, 0.3) is 0 Å². The average molecular weight is 221 g/mol. The molecule has 86 valence electrons. The molecule has 1 atom stereocenters. The molecule has 2 rings (SSSR count). The van der Waals surface area contributed by atoms with E-state index >= 15 is 0 Å². The van der Waals surface area contributed by atoms with Crippen molar-refractivity contribution in [2.75, 3.05) is 25.2 Å². The maximum absolute atomic E-state index is 12.1. The van der Waals surface area contributed by atoms with Gasteiger partial charge in [0.2, 0.25) is 5.91 Å². The van der Waals surface area contributed by atoms with Gasteiger partial charge >= 0.3 is 0 Å². The number of hydrogen-bond donors (Lipinski definition) is 1. The summed E-state index contributed by atoms with van der Waals surface area (Å²) >= 11 is 0. The fourth-order valence-electron chi connectivity index (χ4n) is 1.74. The lowest BCUT2D eigenvalue weighted by atomic mass is 9.98. The number of nitrogens with zero attached hydrogens (tertiary/aromatic N) is 2. The Morgan fingerprint density at radius 2 is 2.44 bits per heavy atom. The molecule has 0 aromatic carbocycles. The van der Waals surface area contributed by atoms with Gasteiger partial charge < -0.3 is 10.5 Å². The number of hydrogen-bond acceptors (Lipinski definition) is 4. The normalized spacial score (nSPS) is 24.4. The van der Waals surface area contributed by atoms with Crippen LogP contribution < -0.4 is 10.6 Å². The molecule has 1 unspecified atom stereocenters. The zero-order valence-corrected chi connectivity index (χ0v) is 9.22. The van der Waals surface area contributed by atoms with Gasteiger partial charge in [0.15, 0.2) is 0 Å². The van der Waals surface area contributed by atoms with Crippen LogP contribution in [-0.2, 0) is 9.53 Å². The van der Waals surface area contributed by atoms with Crippen molar-refractivity contribution in [2.45, 2.75) is 12.0 Å². The number of pyridine rings is 1. The Balaban J connectivity index is 2.16. The minimum atomic E-state index is -0.897. The molecule has 1 saturated heterocycles. The lowest BCUT2D eigenvalue weighted by Crippen LogP contribution is -2.55. The highest BCUT2D eigenvalue weighted by molar-refractivity contribution is 5.99. The van der Waals surface area contributed by atoms with Crippen molar-refractivity contribution in [1.29, 1.82) is 0 Å². The molecule has 2 N–H and O–H groups in total. The van der Waals surface area contributed by atoms with Gasteiger partial charge in [0, 0.05) is 19.9 Å². The molecule has 0 bridgehead atoms. The number of nitrogens with two attached hydrogens (primary N) is 1. The maximum Gasteiger partial charge on any atom is 0.250 e. The van der Waals surface area contributed by atoms with Crippen molar-refractivity contribution in [3.05, 3.63) is 24.4 Å². The summed E-state index contributed by atoms with van der Waals surface area (Å²) in [5, 5.41) is 0. The van der Waals surface area contributed by atoms with Gasteiger partial charge in [-0.25, -0.2) is 4.98 Å². The highest BCUT2D eigenvalue weighted by Gasteiger charge is 2.40. The van der Waals surface area contributed by atoms with Gasteiger partial charge in [-0.15, -0.1) is 0 Å². The predicted octanol–water partition coefficient (Wildman–Crippen LogP) is 0.162. The zero-order valence-electron chi connectivity index (χ0n) is 9.22. The van der Waals surface area contributed by atoms with Crippen LogP contribution in [0.1, 0.15) is 6.42 Å². The van der Waals surface area contributed by atoms with E-state index in [0.717, 1.165) is 0 Å². The number of rotatable bonds is 2. The predicted molar refractivity (Wildman–Crippen MR) is 60.0 cm³/mol. The van der Waals surface area contributed by atoms with Crippen LogP contribution in [0.4, 0.5) is 5.82 Å². The van der Waals surface area contributed by atoms with E-state index in [1.54, 1.807) is 25.4 Å². The van der Waals surface area contributed by atoms with Crippen molar-refractivity contribution in [3.8, 4) is 0 Å². The molecular weight excluding hydrogens is 206 g/mol. The van der Waals surface area contributed by atoms with Crippen LogP contribution in [0.2, 0.25) is 0 Å². The lowest BCUT2D eigenvalue weighted by molar-refractivity contribution is -0.123. The first kappa shape index (κ1) is 11.0. The second-order valence-corrected chi connectivity index (χ2v) is 4.01. The molecule has 5 heteroatoms. The minimum Gasteiger partial charge on any atom is -0.379 e. The van der Waals surface area contributed by atoms with Crippen LogP contribution in [-0.4, -0.2) is 36.7 Å². The second kappa shape index (κ2) is 4.19. The van der Waals surface area contributed by atoms with E-state index in [-0.39, 0.29) is 12.5 Å². The van der Waals surface area contributed by atoms with Gasteiger partial charge in [-0.05, 0) is 18.6 Å². The standard InChI is InChI=1S/C11H15N3O2/c1-14(9-4-2-3-6-13-9)10(15)11(12)5-7-16-8-11/h2-4,6H,5,7-8,12H2,1H3. The second-order valence-electron chi connectivity index (χ2n) is 4.01. The summed E-state index contributed by atoms with van der Waals surface area (Å²) < 4.78 is 5.17. The summed E-state index contributed by atoms with van der Waals surface area (Å²) in [5.41, 5.74) is 5.10. The van der Waals surface area contributed by atoms with Crippen LogP contribution in [0.5, 0.6) is 0 Å². The van der Waals surface area contributed by atoms with Crippen LogP contribution in [0.3, 0.4) is 0 Å². The van der Waals surface area contributed by atoms with Gasteiger partial charge in [0.1, 0.15) is 11.4 Å². The number of amides is 1. The molecule has 1 aliphatic heterocycles. The molecule has 1 fully saturated rings. The molecule has 5 nitrogen and oxygen atoms in total. The lowest BCUT2D eigenvalue weighted by Gasteiger charge is -2.26. The quantitative estimate of drug-likeness (QED) is 0.772. The van der Waals surface area contributed by atoms with Crippen molar-refractivity contribution in [2.24, 2.45) is 5.73 Å². The van der Waals surface area contributed by atoms with E-state index < -0.39 is 5.54 Å². The number of carbonyl (C=O) groups is 1. The number of carbonyl (C=O) groups excluding carboxylic acids is 1. The fourth-order valence-corrected chi connectivity index (χ4v) is 1.74. The summed E-state index contributed by atoms with van der Waals surface area (Å²) in [4.78, 5) is 17.7. The van der Waals surface area contributed by atoms with Crippen LogP contribution in [0, 0.1) is 0 Å². The molecule has 2 heterocycles. The Morgan fingerprint density at radius 1 is 1.62 bits per heavy atom. The first-order valence-electron chi connectivity index (χ1n) is 5.19. The fraction of sp³-hybridized carbons (Fsp3) is 0.455. The average Bonchev–Trinajstić information content (AvgIpc) is 2.77. The molecule has 0 spiro atoms. The van der Waals surface area contributed by atoms with Crippen molar-refractivity contribution < 1.29 is 9.53 Å². The molecule has 0 radical (unpaired) electrons. The van der Waals surface area contributed by atoms with Gasteiger partial charge in [-0.2, -0.15) is 0 Å². The van der Waals surface area contributed by atoms with Gasteiger partial charge in [0.05, 0.1) is 6.61 Å². The summed E-state index contributed by atoms with van der Waals surface area (Å²) in [7, 11) is 1.68. The molecule has 1 amide bonds. The summed E-state index contributed by atoms with van der Waals surface area (Å²) in [6.07, 6.45) is 2.20. The number of aromatic nitrogens is 1. The van der Waals surface area contributed by atoms with E-state index in [4.69, 9.17) is 10.5 Å². The van der Waals surface area contributed by atoms with Crippen LogP contribution in [0.15, 0.2) is 24.4 Å². The topological polar surface area (TPSA) is 68.5 Å². The molecule has 0 aliphatic carbocycles.